The van der Waals surface area contributed by atoms with E-state index >= 15 is 0 Å². The highest BCUT2D eigenvalue weighted by Crippen LogP contribution is 2.27. The maximum Gasteiger partial charge on any atom is 0.259 e. The lowest BCUT2D eigenvalue weighted by Crippen LogP contribution is -2.47. The Morgan fingerprint density at radius 2 is 1.85 bits per heavy atom. The quantitative estimate of drug-likeness (QED) is 0.729. The predicted octanol–water partition coefficient (Wildman–Crippen LogP) is 2.41. The zero-order chi connectivity index (χ0) is 19.4. The van der Waals surface area contributed by atoms with Crippen LogP contribution in [0.15, 0.2) is 42.5 Å². The van der Waals surface area contributed by atoms with Crippen LogP contribution in [0.3, 0.4) is 0 Å². The van der Waals surface area contributed by atoms with Gasteiger partial charge in [-0.2, -0.15) is 0 Å². The summed E-state index contributed by atoms with van der Waals surface area (Å²) in [5, 5.41) is 3.02. The van der Waals surface area contributed by atoms with Crippen molar-refractivity contribution in [2.45, 2.75) is 38.9 Å². The molecule has 2 aromatic rings. The van der Waals surface area contributed by atoms with E-state index < -0.39 is 0 Å². The fourth-order valence-corrected chi connectivity index (χ4v) is 3.36. The fraction of sp³-hybridized carbons (Fsp3) is 0.381. The number of carbonyl (C=O) groups is 1. The molecule has 3 rings (SSSR count). The molecule has 0 radical (unpaired) electrons. The average molecular weight is 369 g/mol. The molecule has 1 heterocycles. The lowest BCUT2D eigenvalue weighted by atomic mass is 9.91. The number of hydrazine groups is 1. The molecule has 27 heavy (non-hydrogen) atoms. The molecule has 3 N–H and O–H groups in total. The molecule has 6 nitrogen and oxygen atoms in total. The number of hydrogen-bond donors (Lipinski definition) is 3. The average Bonchev–Trinajstić information content (AvgIpc) is 3.03. The smallest absolute Gasteiger partial charge is 0.259 e. The van der Waals surface area contributed by atoms with Gasteiger partial charge in [0, 0.05) is 12.0 Å². The molecule has 6 heteroatoms. The number of carbonyl (C=O) groups excluding carboxylic acids is 1. The van der Waals surface area contributed by atoms with Crippen molar-refractivity contribution in [2.75, 3.05) is 13.7 Å². The van der Waals surface area contributed by atoms with Gasteiger partial charge in [-0.05, 0) is 55.7 Å². The Morgan fingerprint density at radius 3 is 2.56 bits per heavy atom. The highest BCUT2D eigenvalue weighted by molar-refractivity contribution is 5.78. The first-order valence-electron chi connectivity index (χ1n) is 9.13. The van der Waals surface area contributed by atoms with Crippen LogP contribution in [0.2, 0.25) is 0 Å². The molecule has 1 saturated heterocycles. The van der Waals surface area contributed by atoms with Crippen LogP contribution in [-0.4, -0.2) is 31.8 Å². The van der Waals surface area contributed by atoms with Crippen molar-refractivity contribution < 1.29 is 14.3 Å². The second-order valence-electron chi connectivity index (χ2n) is 6.91. The number of methoxy groups -OCH3 is 1. The van der Waals surface area contributed by atoms with Crippen LogP contribution in [0, 0.1) is 13.8 Å². The molecule has 3 atom stereocenters. The van der Waals surface area contributed by atoms with Gasteiger partial charge in [0.05, 0.1) is 7.11 Å². The van der Waals surface area contributed by atoms with Crippen LogP contribution in [0.25, 0.3) is 0 Å². The van der Waals surface area contributed by atoms with Crippen molar-refractivity contribution >= 4 is 5.91 Å². The third-order valence-electron chi connectivity index (χ3n) is 5.10. The van der Waals surface area contributed by atoms with Crippen LogP contribution in [-0.2, 0) is 4.79 Å². The van der Waals surface area contributed by atoms with Crippen molar-refractivity contribution in [3.8, 4) is 11.5 Å². The number of rotatable bonds is 6. The van der Waals surface area contributed by atoms with Crippen LogP contribution in [0.5, 0.6) is 11.5 Å². The molecule has 3 unspecified atom stereocenters. The molecular formula is C21H27N3O3. The molecule has 144 valence electrons. The Balaban J connectivity index is 1.62. The fourth-order valence-electron chi connectivity index (χ4n) is 3.36. The third-order valence-corrected chi connectivity index (χ3v) is 5.10. The Kier molecular flexibility index (Phi) is 5.98. The van der Waals surface area contributed by atoms with Crippen molar-refractivity contribution in [2.24, 2.45) is 0 Å². The zero-order valence-corrected chi connectivity index (χ0v) is 16.2. The van der Waals surface area contributed by atoms with Gasteiger partial charge >= 0.3 is 0 Å². The van der Waals surface area contributed by atoms with Gasteiger partial charge in [0.2, 0.25) is 0 Å². The van der Waals surface area contributed by atoms with Crippen molar-refractivity contribution in [3.05, 3.63) is 59.2 Å². The highest BCUT2D eigenvalue weighted by Gasteiger charge is 2.35. The summed E-state index contributed by atoms with van der Waals surface area (Å²) in [5.41, 5.74) is 9.69. The van der Waals surface area contributed by atoms with E-state index in [1.807, 2.05) is 56.3 Å². The molecule has 1 aliphatic heterocycles. The summed E-state index contributed by atoms with van der Waals surface area (Å²) in [7, 11) is 1.65. The number of benzene rings is 2. The maximum absolute atomic E-state index is 12.4. The maximum atomic E-state index is 12.4. The summed E-state index contributed by atoms with van der Waals surface area (Å²) in [6.07, 6.45) is -0.219. The van der Waals surface area contributed by atoms with E-state index in [4.69, 9.17) is 9.47 Å². The minimum absolute atomic E-state index is 0.0216. The monoisotopic (exact) mass is 369 g/mol. The summed E-state index contributed by atoms with van der Waals surface area (Å²) in [6, 6.07) is 13.9. The highest BCUT2D eigenvalue weighted by atomic mass is 16.5. The number of hydrogen-bond acceptors (Lipinski definition) is 5. The van der Waals surface area contributed by atoms with E-state index in [0.717, 1.165) is 28.2 Å². The summed E-state index contributed by atoms with van der Waals surface area (Å²) < 4.78 is 10.9. The Morgan fingerprint density at radius 1 is 1.11 bits per heavy atom. The second kappa shape index (κ2) is 8.41. The van der Waals surface area contributed by atoms with Gasteiger partial charge in [-0.1, -0.05) is 24.3 Å². The molecule has 0 aromatic heterocycles. The van der Waals surface area contributed by atoms with Crippen LogP contribution in [0.4, 0.5) is 0 Å². The summed E-state index contributed by atoms with van der Waals surface area (Å²) in [6.45, 7) is 6.08. The molecule has 0 bridgehead atoms. The van der Waals surface area contributed by atoms with Gasteiger partial charge in [0.25, 0.3) is 5.91 Å². The summed E-state index contributed by atoms with van der Waals surface area (Å²) in [5.74, 6) is 1.49. The topological polar surface area (TPSA) is 71.6 Å². The Hall–Kier alpha value is -2.57. The summed E-state index contributed by atoms with van der Waals surface area (Å²) >= 11 is 0. The molecule has 0 saturated carbocycles. The van der Waals surface area contributed by atoms with E-state index in [-0.39, 0.29) is 30.6 Å². The van der Waals surface area contributed by atoms with E-state index in [1.165, 1.54) is 0 Å². The first-order chi connectivity index (χ1) is 13.0. The Bertz CT molecular complexity index is 792. The van der Waals surface area contributed by atoms with Crippen molar-refractivity contribution in [3.63, 3.8) is 0 Å². The van der Waals surface area contributed by atoms with Crippen LogP contribution < -0.4 is 25.6 Å². The Labute approximate surface area is 160 Å². The number of aryl methyl sites for hydroxylation is 1. The minimum atomic E-state index is -0.219. The lowest BCUT2D eigenvalue weighted by molar-refractivity contribution is -0.124. The molecule has 1 fully saturated rings. The van der Waals surface area contributed by atoms with Gasteiger partial charge in [0.15, 0.2) is 6.61 Å². The summed E-state index contributed by atoms with van der Waals surface area (Å²) in [4.78, 5) is 12.4. The van der Waals surface area contributed by atoms with E-state index in [9.17, 15) is 4.79 Å². The number of ether oxygens (including phenoxy) is 2. The molecule has 0 aliphatic carbocycles. The minimum Gasteiger partial charge on any atom is -0.497 e. The molecule has 0 spiro atoms. The molecule has 1 amide bonds. The van der Waals surface area contributed by atoms with Gasteiger partial charge in [0.1, 0.15) is 17.7 Å². The van der Waals surface area contributed by atoms with Crippen molar-refractivity contribution in [1.29, 1.82) is 0 Å². The normalized spacial score (nSPS) is 21.7. The molecular weight excluding hydrogens is 342 g/mol. The standard InChI is InChI=1S/C21H27N3O3/c1-13-6-5-7-18(14(13)2)27-12-19(25)22-21-20(15(3)23-24-21)16-8-10-17(26-4)11-9-16/h5-11,15,20-21,23-24H,12H2,1-4H3,(H,22,25). The van der Waals surface area contributed by atoms with Crippen LogP contribution >= 0.6 is 0 Å². The van der Waals surface area contributed by atoms with Gasteiger partial charge in [-0.25, -0.2) is 5.43 Å². The zero-order valence-electron chi connectivity index (χ0n) is 16.2. The second-order valence-corrected chi connectivity index (χ2v) is 6.91. The SMILES string of the molecule is COc1ccc(C2C(C)NNC2NC(=O)COc2cccc(C)c2C)cc1. The lowest BCUT2D eigenvalue weighted by Gasteiger charge is -2.23. The number of amides is 1. The van der Waals surface area contributed by atoms with E-state index in [0.29, 0.717) is 0 Å². The van der Waals surface area contributed by atoms with Crippen molar-refractivity contribution in [1.82, 2.24) is 16.2 Å². The van der Waals surface area contributed by atoms with Crippen LogP contribution in [0.1, 0.15) is 29.5 Å². The largest absolute Gasteiger partial charge is 0.497 e. The van der Waals surface area contributed by atoms with Gasteiger partial charge in [-0.3, -0.25) is 10.2 Å². The first-order valence-corrected chi connectivity index (χ1v) is 9.13. The number of nitrogens with one attached hydrogen (secondary N) is 3. The first kappa shape index (κ1) is 19.2. The predicted molar refractivity (Wildman–Crippen MR) is 105 cm³/mol. The third kappa shape index (κ3) is 4.40. The van der Waals surface area contributed by atoms with E-state index in [2.05, 4.69) is 23.1 Å². The van der Waals surface area contributed by atoms with Gasteiger partial charge in [-0.15, -0.1) is 0 Å². The van der Waals surface area contributed by atoms with Gasteiger partial charge < -0.3 is 14.8 Å². The molecule has 1 aliphatic rings. The molecule has 2 aromatic carbocycles. The van der Waals surface area contributed by atoms with E-state index in [1.54, 1.807) is 7.11 Å².